The van der Waals surface area contributed by atoms with E-state index < -0.39 is 12.0 Å². The molecule has 84 valence electrons. The number of hydrogen-bond acceptors (Lipinski definition) is 3. The minimum atomic E-state index is -0.596. The molecule has 0 N–H and O–H groups in total. The molecule has 1 aliphatic rings. The van der Waals surface area contributed by atoms with Crippen LogP contribution in [0.1, 0.15) is 5.56 Å². The van der Waals surface area contributed by atoms with E-state index in [1.165, 1.54) is 0 Å². The third-order valence-electron chi connectivity index (χ3n) is 2.54. The zero-order chi connectivity index (χ0) is 11.5. The Labute approximate surface area is 112 Å². The third kappa shape index (κ3) is 3.06. The summed E-state index contributed by atoms with van der Waals surface area (Å²) in [6, 6.07) is 9.43. The fourth-order valence-electron chi connectivity index (χ4n) is 1.80. The largest absolute Gasteiger partial charge is 1.00 e. The molecule has 0 aliphatic carbocycles. The molecule has 1 aromatic rings. The van der Waals surface area contributed by atoms with Crippen molar-refractivity contribution < 1.29 is 33.5 Å². The Bertz CT molecular complexity index is 407. The van der Waals surface area contributed by atoms with Gasteiger partial charge in [0.2, 0.25) is 0 Å². The van der Waals surface area contributed by atoms with Gasteiger partial charge in [0.1, 0.15) is 6.61 Å². The Morgan fingerprint density at radius 3 is 2.71 bits per heavy atom. The minimum absolute atomic E-state index is 0. The third-order valence-corrected chi connectivity index (χ3v) is 2.54. The predicted octanol–water partition coefficient (Wildman–Crippen LogP) is -2.11. The number of ether oxygens (including phenoxy) is 1. The van der Waals surface area contributed by atoms with Crippen molar-refractivity contribution >= 4 is 6.09 Å². The van der Waals surface area contributed by atoms with E-state index >= 15 is 0 Å². The molecule has 0 radical (unpaired) electrons. The SMILES string of the molecule is C=C([O-])N1C(=O)OC[C@@H]1Cc1ccccc1.[Li+]. The van der Waals surface area contributed by atoms with Crippen molar-refractivity contribution in [2.75, 3.05) is 6.61 Å². The molecular weight excluding hydrogens is 213 g/mol. The van der Waals surface area contributed by atoms with Gasteiger partial charge in [0, 0.05) is 0 Å². The van der Waals surface area contributed by atoms with E-state index in [1.807, 2.05) is 30.3 Å². The first-order valence-corrected chi connectivity index (χ1v) is 5.04. The van der Waals surface area contributed by atoms with Crippen molar-refractivity contribution in [3.8, 4) is 0 Å². The van der Waals surface area contributed by atoms with E-state index in [-0.39, 0.29) is 31.5 Å². The second-order valence-corrected chi connectivity index (χ2v) is 3.68. The van der Waals surface area contributed by atoms with Gasteiger partial charge in [0.05, 0.1) is 6.04 Å². The zero-order valence-corrected chi connectivity index (χ0v) is 9.76. The van der Waals surface area contributed by atoms with Gasteiger partial charge in [-0.1, -0.05) is 36.9 Å². The molecule has 1 aliphatic heterocycles. The standard InChI is InChI=1S/C12H13NO3.Li/c1-9(14)13-11(8-16-12(13)15)7-10-5-3-2-4-6-10;/h2-6,11,14H,1,7-8H2;/q;+1/p-1/t11-;/m0./s1. The Kier molecular flexibility index (Phi) is 4.68. The number of hydrogen-bond donors (Lipinski definition) is 0. The number of rotatable bonds is 3. The second-order valence-electron chi connectivity index (χ2n) is 3.68. The van der Waals surface area contributed by atoms with Crippen LogP contribution < -0.4 is 24.0 Å². The van der Waals surface area contributed by atoms with Crippen LogP contribution in [-0.4, -0.2) is 23.6 Å². The van der Waals surface area contributed by atoms with Crippen LogP contribution in [0.25, 0.3) is 0 Å². The van der Waals surface area contributed by atoms with Crippen molar-refractivity contribution in [3.05, 3.63) is 48.4 Å². The van der Waals surface area contributed by atoms with Crippen LogP contribution in [0.4, 0.5) is 4.79 Å². The molecule has 0 unspecified atom stereocenters. The van der Waals surface area contributed by atoms with Crippen LogP contribution in [0.3, 0.4) is 0 Å². The van der Waals surface area contributed by atoms with Crippen LogP contribution in [0, 0.1) is 0 Å². The van der Waals surface area contributed by atoms with Gasteiger partial charge in [-0.15, -0.1) is 0 Å². The second kappa shape index (κ2) is 5.81. The molecular formula is C12H12LiNO3. The zero-order valence-electron chi connectivity index (χ0n) is 9.76. The monoisotopic (exact) mass is 225 g/mol. The summed E-state index contributed by atoms with van der Waals surface area (Å²) in [6.45, 7) is 3.49. The maximum absolute atomic E-state index is 11.3. The average molecular weight is 225 g/mol. The summed E-state index contributed by atoms with van der Waals surface area (Å²) in [5, 5.41) is 11.2. The van der Waals surface area contributed by atoms with Gasteiger partial charge in [-0.3, -0.25) is 4.90 Å². The summed E-state index contributed by atoms with van der Waals surface area (Å²) in [5.74, 6) is -0.511. The van der Waals surface area contributed by atoms with Gasteiger partial charge in [0.15, 0.2) is 0 Å². The summed E-state index contributed by atoms with van der Waals surface area (Å²) < 4.78 is 4.84. The fraction of sp³-hybridized carbons (Fsp3) is 0.250. The summed E-state index contributed by atoms with van der Waals surface area (Å²) in [7, 11) is 0. The van der Waals surface area contributed by atoms with Crippen molar-refractivity contribution in [1.82, 2.24) is 4.90 Å². The molecule has 2 rings (SSSR count). The Balaban J connectivity index is 0.00000144. The molecule has 1 heterocycles. The van der Waals surface area contributed by atoms with Gasteiger partial charge in [-0.2, -0.15) is 0 Å². The summed E-state index contributed by atoms with van der Waals surface area (Å²) in [4.78, 5) is 12.3. The van der Waals surface area contributed by atoms with Crippen molar-refractivity contribution in [2.24, 2.45) is 0 Å². The van der Waals surface area contributed by atoms with Crippen molar-refractivity contribution in [2.45, 2.75) is 12.5 Å². The van der Waals surface area contributed by atoms with Crippen LogP contribution in [-0.2, 0) is 11.2 Å². The molecule has 1 fully saturated rings. The van der Waals surface area contributed by atoms with E-state index in [0.717, 1.165) is 10.5 Å². The number of benzene rings is 1. The molecule has 0 aromatic heterocycles. The van der Waals surface area contributed by atoms with Crippen LogP contribution in [0.15, 0.2) is 42.8 Å². The molecule has 0 spiro atoms. The maximum Gasteiger partial charge on any atom is 1.00 e. The van der Waals surface area contributed by atoms with Crippen LogP contribution >= 0.6 is 0 Å². The predicted molar refractivity (Wildman–Crippen MR) is 56.3 cm³/mol. The maximum atomic E-state index is 11.3. The molecule has 17 heavy (non-hydrogen) atoms. The molecule has 1 saturated heterocycles. The first-order valence-electron chi connectivity index (χ1n) is 5.04. The summed E-state index contributed by atoms with van der Waals surface area (Å²) in [6.07, 6.45) is 0.00864. The van der Waals surface area contributed by atoms with Crippen molar-refractivity contribution in [3.63, 3.8) is 0 Å². The number of carbonyl (C=O) groups is 1. The number of cyclic esters (lactones) is 1. The molecule has 5 heteroatoms. The van der Waals surface area contributed by atoms with Crippen LogP contribution in [0.5, 0.6) is 0 Å². The van der Waals surface area contributed by atoms with Gasteiger partial charge < -0.3 is 9.84 Å². The Morgan fingerprint density at radius 2 is 2.12 bits per heavy atom. The average Bonchev–Trinajstić information content (AvgIpc) is 2.61. The first kappa shape index (κ1) is 13.7. The fourth-order valence-corrected chi connectivity index (χ4v) is 1.80. The number of amides is 1. The van der Waals surface area contributed by atoms with E-state index in [0.29, 0.717) is 6.42 Å². The van der Waals surface area contributed by atoms with Gasteiger partial charge in [0.25, 0.3) is 0 Å². The van der Waals surface area contributed by atoms with Crippen molar-refractivity contribution in [1.29, 1.82) is 0 Å². The van der Waals surface area contributed by atoms with Crippen LogP contribution in [0.2, 0.25) is 0 Å². The Hall–Kier alpha value is -1.37. The van der Waals surface area contributed by atoms with E-state index in [2.05, 4.69) is 6.58 Å². The molecule has 1 atom stereocenters. The smallest absolute Gasteiger partial charge is 0.860 e. The summed E-state index contributed by atoms with van der Waals surface area (Å²) >= 11 is 0. The minimum Gasteiger partial charge on any atom is -0.860 e. The molecule has 1 aromatic carbocycles. The van der Waals surface area contributed by atoms with Gasteiger partial charge in [-0.05, 0) is 17.9 Å². The summed E-state index contributed by atoms with van der Waals surface area (Å²) in [5.41, 5.74) is 1.07. The van der Waals surface area contributed by atoms with E-state index in [4.69, 9.17) is 4.74 Å². The topological polar surface area (TPSA) is 52.6 Å². The van der Waals surface area contributed by atoms with E-state index in [1.54, 1.807) is 0 Å². The molecule has 4 nitrogen and oxygen atoms in total. The first-order chi connectivity index (χ1) is 7.68. The number of carbonyl (C=O) groups excluding carboxylic acids is 1. The quantitative estimate of drug-likeness (QED) is 0.437. The Morgan fingerprint density at radius 1 is 1.47 bits per heavy atom. The number of nitrogens with zero attached hydrogens (tertiary/aromatic N) is 1. The van der Waals surface area contributed by atoms with Gasteiger partial charge in [-0.25, -0.2) is 4.79 Å². The molecule has 0 saturated carbocycles. The molecule has 1 amide bonds. The van der Waals surface area contributed by atoms with Gasteiger partial charge >= 0.3 is 25.0 Å². The normalized spacial score (nSPS) is 18.5. The van der Waals surface area contributed by atoms with E-state index in [9.17, 15) is 9.90 Å². The molecule has 0 bridgehead atoms.